The van der Waals surface area contributed by atoms with Gasteiger partial charge in [-0.15, -0.1) is 0 Å². The highest BCUT2D eigenvalue weighted by Crippen LogP contribution is 2.23. The van der Waals surface area contributed by atoms with Gasteiger partial charge in [0, 0.05) is 23.0 Å². The third-order valence-corrected chi connectivity index (χ3v) is 5.76. The van der Waals surface area contributed by atoms with Crippen LogP contribution >= 0.6 is 11.6 Å². The second-order valence-corrected chi connectivity index (χ2v) is 11.0. The van der Waals surface area contributed by atoms with Gasteiger partial charge in [0.15, 0.2) is 0 Å². The van der Waals surface area contributed by atoms with Crippen LogP contribution in [0.4, 0.5) is 5.69 Å². The molecule has 3 aromatic carbocycles. The van der Waals surface area contributed by atoms with Crippen molar-refractivity contribution in [2.75, 3.05) is 0 Å². The van der Waals surface area contributed by atoms with E-state index in [1.165, 1.54) is 16.7 Å². The Labute approximate surface area is 204 Å². The van der Waals surface area contributed by atoms with Gasteiger partial charge < -0.3 is 0 Å². The Morgan fingerprint density at radius 2 is 1.30 bits per heavy atom. The Morgan fingerprint density at radius 1 is 0.727 bits per heavy atom. The molecular weight excluding hydrogens is 424 g/mol. The summed E-state index contributed by atoms with van der Waals surface area (Å²) in [6.07, 6.45) is 5.74. The van der Waals surface area contributed by atoms with E-state index in [1.54, 1.807) is 0 Å². The topological polar surface area (TPSA) is 24.7 Å². The fourth-order valence-electron chi connectivity index (χ4n) is 3.35. The summed E-state index contributed by atoms with van der Waals surface area (Å²) in [4.78, 5) is 9.13. The zero-order valence-corrected chi connectivity index (χ0v) is 21.4. The van der Waals surface area contributed by atoms with Crippen LogP contribution in [0, 0.1) is 0 Å². The molecule has 0 aromatic heterocycles. The third kappa shape index (κ3) is 7.98. The van der Waals surface area contributed by atoms with Gasteiger partial charge in [-0.3, -0.25) is 9.98 Å². The van der Waals surface area contributed by atoms with Gasteiger partial charge in [-0.1, -0.05) is 80.9 Å². The largest absolute Gasteiger partial charge is 0.287 e. The molecule has 0 aliphatic carbocycles. The van der Waals surface area contributed by atoms with Crippen LogP contribution in [-0.4, -0.2) is 18.0 Å². The highest BCUT2D eigenvalue weighted by atomic mass is 35.5. The van der Waals surface area contributed by atoms with E-state index >= 15 is 0 Å². The fourth-order valence-corrected chi connectivity index (χ4v) is 3.59. The van der Waals surface area contributed by atoms with E-state index in [2.05, 4.69) is 100 Å². The molecule has 0 saturated heterocycles. The molecule has 0 saturated carbocycles. The number of aryl methyl sites for hydroxylation is 2. The first-order valence-corrected chi connectivity index (χ1v) is 11.9. The Bertz CT molecular complexity index is 1110. The van der Waals surface area contributed by atoms with Crippen molar-refractivity contribution in [2.45, 2.75) is 65.3 Å². The van der Waals surface area contributed by atoms with E-state index in [4.69, 9.17) is 11.6 Å². The SMILES string of the molecule is CC(C)(C)N=Cc1ccc(C=Nc2ccc(CCc3ccc(C(C)(C)C)cc3)cc2)cc1Cl. The zero-order chi connectivity index (χ0) is 24.1. The van der Waals surface area contributed by atoms with Crippen molar-refractivity contribution in [3.05, 3.63) is 99.6 Å². The molecule has 0 unspecified atom stereocenters. The Kier molecular flexibility index (Phi) is 7.92. The summed E-state index contributed by atoms with van der Waals surface area (Å²) in [5.41, 5.74) is 6.97. The lowest BCUT2D eigenvalue weighted by Crippen LogP contribution is -2.10. The maximum atomic E-state index is 6.42. The highest BCUT2D eigenvalue weighted by molar-refractivity contribution is 6.33. The smallest absolute Gasteiger partial charge is 0.0630 e. The Hall–Kier alpha value is -2.71. The number of hydrogen-bond acceptors (Lipinski definition) is 2. The van der Waals surface area contributed by atoms with Gasteiger partial charge in [0.25, 0.3) is 0 Å². The first-order valence-electron chi connectivity index (χ1n) is 11.6. The van der Waals surface area contributed by atoms with Gasteiger partial charge in [0.1, 0.15) is 0 Å². The van der Waals surface area contributed by atoms with E-state index in [0.717, 1.165) is 29.7 Å². The van der Waals surface area contributed by atoms with Crippen molar-refractivity contribution in [1.29, 1.82) is 0 Å². The number of aliphatic imine (C=N–C) groups is 2. The average Bonchev–Trinajstić information content (AvgIpc) is 2.75. The minimum Gasteiger partial charge on any atom is -0.287 e. The molecule has 3 heteroatoms. The minimum absolute atomic E-state index is 0.119. The van der Waals surface area contributed by atoms with Crippen LogP contribution in [0.3, 0.4) is 0 Å². The average molecular weight is 459 g/mol. The Morgan fingerprint density at radius 3 is 1.82 bits per heavy atom. The molecular formula is C30H35ClN2. The van der Waals surface area contributed by atoms with Crippen molar-refractivity contribution in [2.24, 2.45) is 9.98 Å². The maximum Gasteiger partial charge on any atom is 0.0630 e. The summed E-state index contributed by atoms with van der Waals surface area (Å²) < 4.78 is 0. The van der Waals surface area contributed by atoms with E-state index in [1.807, 2.05) is 30.6 Å². The first-order chi connectivity index (χ1) is 15.5. The molecule has 0 amide bonds. The molecule has 0 aliphatic heterocycles. The lowest BCUT2D eigenvalue weighted by atomic mass is 9.86. The second-order valence-electron chi connectivity index (χ2n) is 10.6. The van der Waals surface area contributed by atoms with Gasteiger partial charge in [0.2, 0.25) is 0 Å². The second kappa shape index (κ2) is 10.5. The van der Waals surface area contributed by atoms with Crippen molar-refractivity contribution in [3.63, 3.8) is 0 Å². The molecule has 0 radical (unpaired) electrons. The standard InChI is InChI=1S/C30H35ClN2/c1-29(2,3)26-15-10-22(11-16-26)7-8-23-12-17-27(18-13-23)32-20-24-9-14-25(28(31)19-24)21-33-30(4,5)6/h9-21H,7-8H2,1-6H3. The number of hydrogen-bond donors (Lipinski definition) is 0. The monoisotopic (exact) mass is 458 g/mol. The molecule has 0 N–H and O–H groups in total. The van der Waals surface area contributed by atoms with Crippen molar-refractivity contribution < 1.29 is 0 Å². The molecule has 0 bridgehead atoms. The number of nitrogens with zero attached hydrogens (tertiary/aromatic N) is 2. The number of halogens is 1. The number of benzene rings is 3. The van der Waals surface area contributed by atoms with Crippen molar-refractivity contribution >= 4 is 29.7 Å². The zero-order valence-electron chi connectivity index (χ0n) is 20.7. The van der Waals surface area contributed by atoms with Crippen LogP contribution in [-0.2, 0) is 18.3 Å². The van der Waals surface area contributed by atoms with Gasteiger partial charge in [-0.2, -0.15) is 0 Å². The van der Waals surface area contributed by atoms with Crippen molar-refractivity contribution in [1.82, 2.24) is 0 Å². The molecule has 172 valence electrons. The van der Waals surface area contributed by atoms with Gasteiger partial charge in [-0.05, 0) is 79.5 Å². The van der Waals surface area contributed by atoms with Gasteiger partial charge in [0.05, 0.1) is 11.2 Å². The molecule has 33 heavy (non-hydrogen) atoms. The lowest BCUT2D eigenvalue weighted by molar-refractivity contribution is 0.586. The summed E-state index contributed by atoms with van der Waals surface area (Å²) in [7, 11) is 0. The predicted molar refractivity (Wildman–Crippen MR) is 145 cm³/mol. The van der Waals surface area contributed by atoms with E-state index in [-0.39, 0.29) is 11.0 Å². The van der Waals surface area contributed by atoms with Crippen LogP contribution in [0.15, 0.2) is 76.7 Å². The van der Waals surface area contributed by atoms with E-state index in [9.17, 15) is 0 Å². The molecule has 0 spiro atoms. The number of rotatable bonds is 6. The minimum atomic E-state index is -0.119. The first kappa shape index (κ1) is 24.9. The van der Waals surface area contributed by atoms with E-state index in [0.29, 0.717) is 5.02 Å². The summed E-state index contributed by atoms with van der Waals surface area (Å²) in [5.74, 6) is 0. The molecule has 3 aromatic rings. The Balaban J connectivity index is 1.58. The molecule has 0 aliphatic rings. The molecule has 2 nitrogen and oxygen atoms in total. The van der Waals surface area contributed by atoms with Crippen LogP contribution in [0.5, 0.6) is 0 Å². The van der Waals surface area contributed by atoms with Gasteiger partial charge in [-0.25, -0.2) is 0 Å². The summed E-state index contributed by atoms with van der Waals surface area (Å²) in [6.45, 7) is 12.9. The van der Waals surface area contributed by atoms with Crippen LogP contribution in [0.1, 0.15) is 69.4 Å². The quantitative estimate of drug-likeness (QED) is 0.331. The van der Waals surface area contributed by atoms with Crippen molar-refractivity contribution in [3.8, 4) is 0 Å². The fraction of sp³-hybridized carbons (Fsp3) is 0.333. The molecule has 0 atom stereocenters. The van der Waals surface area contributed by atoms with Crippen LogP contribution < -0.4 is 0 Å². The van der Waals surface area contributed by atoms with Crippen LogP contribution in [0.25, 0.3) is 0 Å². The maximum absolute atomic E-state index is 6.42. The van der Waals surface area contributed by atoms with Crippen LogP contribution in [0.2, 0.25) is 5.02 Å². The normalized spacial score (nSPS) is 12.7. The van der Waals surface area contributed by atoms with Gasteiger partial charge >= 0.3 is 0 Å². The molecule has 0 fully saturated rings. The summed E-state index contributed by atoms with van der Waals surface area (Å²) in [5, 5.41) is 0.679. The summed E-state index contributed by atoms with van der Waals surface area (Å²) >= 11 is 6.42. The highest BCUT2D eigenvalue weighted by Gasteiger charge is 2.12. The lowest BCUT2D eigenvalue weighted by Gasteiger charge is -2.19. The van der Waals surface area contributed by atoms with E-state index < -0.39 is 0 Å². The third-order valence-electron chi connectivity index (χ3n) is 5.44. The molecule has 3 rings (SSSR count). The summed E-state index contributed by atoms with van der Waals surface area (Å²) in [6, 6.07) is 23.4. The predicted octanol–water partition coefficient (Wildman–Crippen LogP) is 8.39. The molecule has 0 heterocycles.